The zero-order chi connectivity index (χ0) is 20.5. The largest absolute Gasteiger partial charge is 0.466 e. The van der Waals surface area contributed by atoms with E-state index >= 15 is 0 Å². The fourth-order valence-electron chi connectivity index (χ4n) is 5.52. The lowest BCUT2D eigenvalue weighted by molar-refractivity contribution is -0.149. The van der Waals surface area contributed by atoms with E-state index in [1.165, 1.54) is 22.3 Å². The van der Waals surface area contributed by atoms with E-state index in [2.05, 4.69) is 83.8 Å². The van der Waals surface area contributed by atoms with Crippen LogP contribution in [0.4, 0.5) is 0 Å². The number of ether oxygens (including phenoxy) is 1. The van der Waals surface area contributed by atoms with Crippen molar-refractivity contribution >= 4 is 5.97 Å². The van der Waals surface area contributed by atoms with Crippen molar-refractivity contribution in [2.75, 3.05) is 6.61 Å². The molecule has 3 aromatic rings. The molecule has 0 saturated carbocycles. The van der Waals surface area contributed by atoms with Crippen LogP contribution in [0.15, 0.2) is 84.9 Å². The van der Waals surface area contributed by atoms with Crippen molar-refractivity contribution in [2.45, 2.75) is 37.9 Å². The van der Waals surface area contributed by atoms with E-state index in [1.54, 1.807) is 0 Å². The van der Waals surface area contributed by atoms with Gasteiger partial charge in [-0.05, 0) is 35.6 Å². The van der Waals surface area contributed by atoms with E-state index in [9.17, 15) is 4.79 Å². The second-order valence-electron chi connectivity index (χ2n) is 8.29. The average molecular weight is 398 g/mol. The van der Waals surface area contributed by atoms with Crippen molar-refractivity contribution in [3.05, 3.63) is 107 Å². The summed E-state index contributed by atoms with van der Waals surface area (Å²) in [5, 5.41) is 0. The highest BCUT2D eigenvalue weighted by atomic mass is 16.5. The molecule has 152 valence electrons. The maximum absolute atomic E-state index is 13.3. The van der Waals surface area contributed by atoms with Gasteiger partial charge in [0.1, 0.15) is 0 Å². The second-order valence-corrected chi connectivity index (χ2v) is 8.29. The lowest BCUT2D eigenvalue weighted by atomic mass is 9.81. The number of fused-ring (bicyclic) bond motifs is 4. The Morgan fingerprint density at radius 2 is 1.60 bits per heavy atom. The van der Waals surface area contributed by atoms with Crippen molar-refractivity contribution in [2.24, 2.45) is 5.92 Å². The molecule has 4 unspecified atom stereocenters. The molecule has 3 heteroatoms. The third kappa shape index (κ3) is 3.23. The number of benzene rings is 3. The monoisotopic (exact) mass is 397 g/mol. The summed E-state index contributed by atoms with van der Waals surface area (Å²) in [5.41, 5.74) is 5.22. The molecule has 2 heterocycles. The highest BCUT2D eigenvalue weighted by Crippen LogP contribution is 2.55. The molecule has 0 aliphatic carbocycles. The summed E-state index contributed by atoms with van der Waals surface area (Å²) >= 11 is 0. The van der Waals surface area contributed by atoms with Gasteiger partial charge >= 0.3 is 5.97 Å². The summed E-state index contributed by atoms with van der Waals surface area (Å²) in [5.74, 6) is -0.152. The first-order valence-corrected chi connectivity index (χ1v) is 10.9. The minimum absolute atomic E-state index is 0.0651. The molecule has 1 saturated heterocycles. The summed E-state index contributed by atoms with van der Waals surface area (Å²) in [4.78, 5) is 15.8. The third-order valence-corrected chi connectivity index (χ3v) is 6.68. The van der Waals surface area contributed by atoms with Crippen molar-refractivity contribution in [3.63, 3.8) is 0 Å². The van der Waals surface area contributed by atoms with Crippen LogP contribution < -0.4 is 0 Å². The average Bonchev–Trinajstić information content (AvgIpc) is 3.00. The predicted molar refractivity (Wildman–Crippen MR) is 118 cm³/mol. The molecule has 2 aliphatic heterocycles. The molecular weight excluding hydrogens is 370 g/mol. The van der Waals surface area contributed by atoms with E-state index in [0.29, 0.717) is 6.61 Å². The summed E-state index contributed by atoms with van der Waals surface area (Å²) in [6, 6.07) is 30.1. The first-order chi connectivity index (χ1) is 14.8. The molecule has 2 bridgehead atoms. The third-order valence-electron chi connectivity index (χ3n) is 6.68. The fraction of sp³-hybridized carbons (Fsp3) is 0.296. The van der Waals surface area contributed by atoms with Gasteiger partial charge in [-0.25, -0.2) is 0 Å². The molecule has 5 rings (SSSR count). The van der Waals surface area contributed by atoms with Gasteiger partial charge in [0.25, 0.3) is 0 Å². The Labute approximate surface area is 178 Å². The van der Waals surface area contributed by atoms with Crippen molar-refractivity contribution in [1.29, 1.82) is 0 Å². The molecule has 4 atom stereocenters. The topological polar surface area (TPSA) is 29.5 Å². The lowest BCUT2D eigenvalue weighted by Crippen LogP contribution is -2.41. The Morgan fingerprint density at radius 3 is 2.33 bits per heavy atom. The van der Waals surface area contributed by atoms with E-state index in [1.807, 2.05) is 13.0 Å². The first kappa shape index (κ1) is 19.1. The Kier molecular flexibility index (Phi) is 5.14. The van der Waals surface area contributed by atoms with Crippen LogP contribution >= 0.6 is 0 Å². The molecule has 0 aromatic heterocycles. The predicted octanol–water partition coefficient (Wildman–Crippen LogP) is 5.13. The molecule has 0 amide bonds. The van der Waals surface area contributed by atoms with E-state index in [0.717, 1.165) is 13.0 Å². The Balaban J connectivity index is 1.65. The van der Waals surface area contributed by atoms with Gasteiger partial charge in [0, 0.05) is 24.5 Å². The number of esters is 1. The molecule has 3 nitrogen and oxygen atoms in total. The Hall–Kier alpha value is -2.91. The quantitative estimate of drug-likeness (QED) is 0.559. The summed E-state index contributed by atoms with van der Waals surface area (Å²) in [6.07, 6.45) is 0.881. The minimum Gasteiger partial charge on any atom is -0.466 e. The number of rotatable bonds is 5. The molecule has 3 aromatic carbocycles. The van der Waals surface area contributed by atoms with Crippen LogP contribution in [-0.4, -0.2) is 23.5 Å². The van der Waals surface area contributed by atoms with Gasteiger partial charge < -0.3 is 4.74 Å². The van der Waals surface area contributed by atoms with Crippen LogP contribution in [0.5, 0.6) is 0 Å². The van der Waals surface area contributed by atoms with Crippen LogP contribution in [0.3, 0.4) is 0 Å². The first-order valence-electron chi connectivity index (χ1n) is 10.9. The molecule has 0 radical (unpaired) electrons. The fourth-order valence-corrected chi connectivity index (χ4v) is 5.52. The van der Waals surface area contributed by atoms with Crippen LogP contribution in [0.25, 0.3) is 0 Å². The maximum Gasteiger partial charge on any atom is 0.311 e. The Bertz CT molecular complexity index is 1020. The number of carbonyl (C=O) groups is 1. The summed E-state index contributed by atoms with van der Waals surface area (Å²) < 4.78 is 5.62. The number of carbonyl (C=O) groups excluding carboxylic acids is 1. The minimum atomic E-state index is -0.173. The van der Waals surface area contributed by atoms with Gasteiger partial charge in [-0.1, -0.05) is 84.9 Å². The smallest absolute Gasteiger partial charge is 0.311 e. The molecule has 1 fully saturated rings. The molecule has 30 heavy (non-hydrogen) atoms. The molecule has 2 aliphatic rings. The highest BCUT2D eigenvalue weighted by Gasteiger charge is 2.56. The SMILES string of the molecule is CCOC(=O)C1C(c2ccccc2)C2c3ccccc3CC1N2Cc1ccccc1. The summed E-state index contributed by atoms with van der Waals surface area (Å²) in [6.45, 7) is 3.15. The normalized spacial score (nSPS) is 25.0. The molecule has 0 spiro atoms. The van der Waals surface area contributed by atoms with Crippen LogP contribution in [0.2, 0.25) is 0 Å². The number of hydrogen-bond acceptors (Lipinski definition) is 3. The second kappa shape index (κ2) is 8.08. The zero-order valence-electron chi connectivity index (χ0n) is 17.3. The highest BCUT2D eigenvalue weighted by molar-refractivity contribution is 5.76. The van der Waals surface area contributed by atoms with E-state index in [4.69, 9.17) is 4.74 Å². The number of hydrogen-bond donors (Lipinski definition) is 0. The maximum atomic E-state index is 13.3. The molecular formula is C27H27NO2. The van der Waals surface area contributed by atoms with Gasteiger partial charge in [0.15, 0.2) is 0 Å². The lowest BCUT2D eigenvalue weighted by Gasteiger charge is -2.37. The zero-order valence-corrected chi connectivity index (χ0v) is 17.3. The number of nitrogens with zero attached hydrogens (tertiary/aromatic N) is 1. The van der Waals surface area contributed by atoms with Gasteiger partial charge in [-0.15, -0.1) is 0 Å². The van der Waals surface area contributed by atoms with Gasteiger partial charge in [0.05, 0.1) is 12.5 Å². The van der Waals surface area contributed by atoms with Crippen LogP contribution in [0, 0.1) is 5.92 Å². The molecule has 0 N–H and O–H groups in total. The van der Waals surface area contributed by atoms with E-state index < -0.39 is 0 Å². The Morgan fingerprint density at radius 1 is 0.933 bits per heavy atom. The van der Waals surface area contributed by atoms with Gasteiger partial charge in [-0.2, -0.15) is 0 Å². The van der Waals surface area contributed by atoms with Crippen molar-refractivity contribution in [1.82, 2.24) is 4.90 Å². The van der Waals surface area contributed by atoms with Gasteiger partial charge in [0.2, 0.25) is 0 Å². The summed E-state index contributed by atoms with van der Waals surface area (Å²) in [7, 11) is 0. The standard InChI is InChI=1S/C27H27NO2/c1-2-30-27(29)25-23-17-21-15-9-10-16-22(21)26(24(25)20-13-7-4-8-14-20)28(23)18-19-11-5-3-6-12-19/h3-16,23-26H,2,17-18H2,1H3. The van der Waals surface area contributed by atoms with Gasteiger partial charge in [-0.3, -0.25) is 9.69 Å². The van der Waals surface area contributed by atoms with E-state index in [-0.39, 0.29) is 29.9 Å². The van der Waals surface area contributed by atoms with Crippen LogP contribution in [-0.2, 0) is 22.5 Å². The van der Waals surface area contributed by atoms with Crippen molar-refractivity contribution in [3.8, 4) is 0 Å². The van der Waals surface area contributed by atoms with Crippen molar-refractivity contribution < 1.29 is 9.53 Å². The van der Waals surface area contributed by atoms with Crippen LogP contribution in [0.1, 0.15) is 41.1 Å².